The molecule has 6 heteroatoms. The van der Waals surface area contributed by atoms with Gasteiger partial charge in [0.25, 0.3) is 5.91 Å². The van der Waals surface area contributed by atoms with E-state index in [9.17, 15) is 14.0 Å². The number of nitrogens with zero attached hydrogens (tertiary/aromatic N) is 1. The van der Waals surface area contributed by atoms with Crippen molar-refractivity contribution in [3.63, 3.8) is 0 Å². The molecule has 1 aromatic heterocycles. The van der Waals surface area contributed by atoms with Gasteiger partial charge in [0.1, 0.15) is 11.4 Å². The summed E-state index contributed by atoms with van der Waals surface area (Å²) < 4.78 is 13.3. The predicted octanol–water partition coefficient (Wildman–Crippen LogP) is -0.362. The number of rotatable bonds is 1. The molecule has 0 unspecified atom stereocenters. The van der Waals surface area contributed by atoms with Crippen molar-refractivity contribution in [1.29, 1.82) is 0 Å². The van der Waals surface area contributed by atoms with Gasteiger partial charge in [-0.3, -0.25) is 9.59 Å². The molecular weight excluding hydrogens is 273 g/mol. The van der Waals surface area contributed by atoms with Crippen LogP contribution in [0.15, 0.2) is 29.2 Å². The summed E-state index contributed by atoms with van der Waals surface area (Å²) >= 11 is 0. The van der Waals surface area contributed by atoms with E-state index in [1.54, 1.807) is 4.90 Å². The minimum absolute atomic E-state index is 0.0765. The van der Waals surface area contributed by atoms with Crippen molar-refractivity contribution in [2.24, 2.45) is 0 Å². The van der Waals surface area contributed by atoms with Crippen LogP contribution in [0.5, 0.6) is 0 Å². The first-order valence-electron chi connectivity index (χ1n) is 6.98. The van der Waals surface area contributed by atoms with Gasteiger partial charge < -0.3 is 14.8 Å². The second kappa shape index (κ2) is 5.29. The highest BCUT2D eigenvalue weighted by Crippen LogP contribution is 2.11. The largest absolute Gasteiger partial charge is 0.360 e. The Morgan fingerprint density at radius 2 is 2.05 bits per heavy atom. The first-order valence-corrected chi connectivity index (χ1v) is 6.98. The standard InChI is InChI=1S/C15H16FN3O2/c1-18-4-6-19(7-5-18)15(21)12-9-17-13-3-2-10(16)8-11(13)14(12)20/h2-3,8-9H,4-7H2,1H3,(H,17,20)/p+1. The molecule has 1 saturated heterocycles. The lowest BCUT2D eigenvalue weighted by atomic mass is 10.1. The number of amides is 1. The number of nitrogens with one attached hydrogen (secondary N) is 2. The van der Waals surface area contributed by atoms with Crippen LogP contribution in [0.2, 0.25) is 0 Å². The number of likely N-dealkylation sites (N-methyl/N-ethyl adjacent to an activating group) is 1. The fourth-order valence-electron chi connectivity index (χ4n) is 2.61. The van der Waals surface area contributed by atoms with Crippen molar-refractivity contribution < 1.29 is 14.1 Å². The summed E-state index contributed by atoms with van der Waals surface area (Å²) in [7, 11) is 2.08. The lowest BCUT2D eigenvalue weighted by molar-refractivity contribution is -0.883. The zero-order valence-electron chi connectivity index (χ0n) is 11.8. The van der Waals surface area contributed by atoms with Gasteiger partial charge in [-0.05, 0) is 18.2 Å². The lowest BCUT2D eigenvalue weighted by Gasteiger charge is -2.29. The third kappa shape index (κ3) is 2.54. The number of carbonyl (C=O) groups is 1. The molecule has 1 aromatic carbocycles. The van der Waals surface area contributed by atoms with Crippen molar-refractivity contribution in [2.75, 3.05) is 33.2 Å². The molecule has 3 rings (SSSR count). The molecule has 0 radical (unpaired) electrons. The molecule has 0 bridgehead atoms. The fourth-order valence-corrected chi connectivity index (χ4v) is 2.61. The van der Waals surface area contributed by atoms with E-state index in [-0.39, 0.29) is 16.9 Å². The number of benzene rings is 1. The van der Waals surface area contributed by atoms with Crippen molar-refractivity contribution in [3.8, 4) is 0 Å². The van der Waals surface area contributed by atoms with Gasteiger partial charge in [-0.25, -0.2) is 4.39 Å². The molecule has 2 heterocycles. The number of carbonyl (C=O) groups excluding carboxylic acids is 1. The summed E-state index contributed by atoms with van der Waals surface area (Å²) in [6.07, 6.45) is 1.43. The number of piperazine rings is 1. The molecule has 0 aliphatic carbocycles. The number of aromatic nitrogens is 1. The molecule has 110 valence electrons. The molecule has 1 fully saturated rings. The molecule has 0 spiro atoms. The maximum Gasteiger partial charge on any atom is 0.259 e. The van der Waals surface area contributed by atoms with Crippen LogP contribution < -0.4 is 10.3 Å². The van der Waals surface area contributed by atoms with Crippen LogP contribution in [0.4, 0.5) is 4.39 Å². The monoisotopic (exact) mass is 290 g/mol. The van der Waals surface area contributed by atoms with Gasteiger partial charge in [0.05, 0.1) is 33.2 Å². The Hall–Kier alpha value is -2.21. The fraction of sp³-hybridized carbons (Fsp3) is 0.333. The van der Waals surface area contributed by atoms with Gasteiger partial charge >= 0.3 is 0 Å². The number of pyridine rings is 1. The number of quaternary nitrogens is 1. The van der Waals surface area contributed by atoms with Crippen molar-refractivity contribution in [1.82, 2.24) is 9.88 Å². The Kier molecular flexibility index (Phi) is 3.47. The lowest BCUT2D eigenvalue weighted by Crippen LogP contribution is -3.12. The van der Waals surface area contributed by atoms with Crippen LogP contribution in [0.1, 0.15) is 10.4 Å². The highest BCUT2D eigenvalue weighted by molar-refractivity contribution is 5.97. The topological polar surface area (TPSA) is 57.6 Å². The molecule has 5 nitrogen and oxygen atoms in total. The average Bonchev–Trinajstić information content (AvgIpc) is 2.48. The molecule has 2 aromatic rings. The van der Waals surface area contributed by atoms with Crippen LogP contribution >= 0.6 is 0 Å². The van der Waals surface area contributed by atoms with E-state index in [2.05, 4.69) is 12.0 Å². The molecule has 0 saturated carbocycles. The second-order valence-corrected chi connectivity index (χ2v) is 5.47. The van der Waals surface area contributed by atoms with Crippen LogP contribution in [0.3, 0.4) is 0 Å². The Morgan fingerprint density at radius 1 is 1.33 bits per heavy atom. The van der Waals surface area contributed by atoms with Gasteiger partial charge in [-0.2, -0.15) is 0 Å². The maximum atomic E-state index is 13.3. The van der Waals surface area contributed by atoms with Crippen LogP contribution in [0, 0.1) is 5.82 Å². The van der Waals surface area contributed by atoms with E-state index in [1.807, 2.05) is 0 Å². The van der Waals surface area contributed by atoms with Crippen molar-refractivity contribution >= 4 is 16.8 Å². The minimum Gasteiger partial charge on any atom is -0.360 e. The van der Waals surface area contributed by atoms with E-state index in [4.69, 9.17) is 0 Å². The predicted molar refractivity (Wildman–Crippen MR) is 77.1 cm³/mol. The average molecular weight is 290 g/mol. The summed E-state index contributed by atoms with van der Waals surface area (Å²) in [5, 5.41) is 0.209. The minimum atomic E-state index is -0.485. The third-order valence-corrected chi connectivity index (χ3v) is 3.98. The Bertz CT molecular complexity index is 748. The zero-order chi connectivity index (χ0) is 15.0. The summed E-state index contributed by atoms with van der Waals surface area (Å²) in [5.41, 5.74) is 0.188. The molecule has 21 heavy (non-hydrogen) atoms. The van der Waals surface area contributed by atoms with E-state index in [0.717, 1.165) is 13.1 Å². The number of aromatic amines is 1. The normalized spacial score (nSPS) is 16.4. The van der Waals surface area contributed by atoms with Gasteiger partial charge in [-0.15, -0.1) is 0 Å². The van der Waals surface area contributed by atoms with E-state index < -0.39 is 11.2 Å². The van der Waals surface area contributed by atoms with Gasteiger partial charge in [0, 0.05) is 17.1 Å². The van der Waals surface area contributed by atoms with Gasteiger partial charge in [0.15, 0.2) is 0 Å². The summed E-state index contributed by atoms with van der Waals surface area (Å²) in [6, 6.07) is 3.95. The Balaban J connectivity index is 1.99. The van der Waals surface area contributed by atoms with Crippen molar-refractivity contribution in [2.45, 2.75) is 0 Å². The summed E-state index contributed by atoms with van der Waals surface area (Å²) in [4.78, 5) is 30.8. The summed E-state index contributed by atoms with van der Waals surface area (Å²) in [6.45, 7) is 2.99. The number of hydrogen-bond donors (Lipinski definition) is 2. The SMILES string of the molecule is C[NH+]1CCN(C(=O)c2c[nH]c3ccc(F)cc3c2=O)CC1. The van der Waals surface area contributed by atoms with E-state index >= 15 is 0 Å². The smallest absolute Gasteiger partial charge is 0.259 e. The quantitative estimate of drug-likeness (QED) is 0.753. The van der Waals surface area contributed by atoms with Crippen LogP contribution in [-0.2, 0) is 0 Å². The third-order valence-electron chi connectivity index (χ3n) is 3.98. The highest BCUT2D eigenvalue weighted by atomic mass is 19.1. The Labute approximate surface area is 121 Å². The molecule has 1 aliphatic heterocycles. The number of H-pyrrole nitrogens is 1. The molecule has 1 amide bonds. The second-order valence-electron chi connectivity index (χ2n) is 5.47. The van der Waals surface area contributed by atoms with E-state index in [1.165, 1.54) is 29.3 Å². The van der Waals surface area contributed by atoms with Gasteiger partial charge in [-0.1, -0.05) is 0 Å². The molecule has 0 atom stereocenters. The summed E-state index contributed by atoms with van der Waals surface area (Å²) in [5.74, 6) is -0.768. The first-order chi connectivity index (χ1) is 10.1. The highest BCUT2D eigenvalue weighted by Gasteiger charge is 2.24. The number of halogens is 1. The van der Waals surface area contributed by atoms with Crippen LogP contribution in [0.25, 0.3) is 10.9 Å². The van der Waals surface area contributed by atoms with Gasteiger partial charge in [0.2, 0.25) is 5.43 Å². The maximum absolute atomic E-state index is 13.3. The first kappa shape index (κ1) is 13.8. The molecule has 2 N–H and O–H groups in total. The van der Waals surface area contributed by atoms with Crippen molar-refractivity contribution in [3.05, 3.63) is 46.0 Å². The zero-order valence-corrected chi connectivity index (χ0v) is 11.8. The molecule has 1 aliphatic rings. The molecular formula is C15H17FN3O2+. The number of hydrogen-bond acceptors (Lipinski definition) is 2. The Morgan fingerprint density at radius 3 is 2.76 bits per heavy atom. The van der Waals surface area contributed by atoms with Crippen LogP contribution in [-0.4, -0.2) is 49.0 Å². The van der Waals surface area contributed by atoms with E-state index in [0.29, 0.717) is 18.6 Å². The number of fused-ring (bicyclic) bond motifs is 1.